The molecule has 1 saturated carbocycles. The highest BCUT2D eigenvalue weighted by Crippen LogP contribution is 2.41. The summed E-state index contributed by atoms with van der Waals surface area (Å²) in [6, 6.07) is 6.48. The average Bonchev–Trinajstić information content (AvgIpc) is 3.35. The first-order chi connectivity index (χ1) is 12.8. The maximum absolute atomic E-state index is 10.5. The van der Waals surface area contributed by atoms with Gasteiger partial charge in [-0.05, 0) is 55.9 Å². The minimum absolute atomic E-state index is 0.0168. The first kappa shape index (κ1) is 15.6. The normalized spacial score (nSPS) is 20.5. The highest BCUT2D eigenvalue weighted by Gasteiger charge is 2.28. The van der Waals surface area contributed by atoms with Gasteiger partial charge in [0.25, 0.3) is 0 Å². The lowest BCUT2D eigenvalue weighted by atomic mass is 10.1. The third kappa shape index (κ3) is 2.44. The van der Waals surface area contributed by atoms with Crippen LogP contribution in [-0.2, 0) is 4.74 Å². The molecule has 134 valence electrons. The Morgan fingerprint density at radius 2 is 2.08 bits per heavy atom. The molecule has 3 aromatic rings. The number of aromatic nitrogens is 4. The van der Waals surface area contributed by atoms with Crippen LogP contribution in [0.5, 0.6) is 5.88 Å². The van der Waals surface area contributed by atoms with Gasteiger partial charge >= 0.3 is 0 Å². The largest absolute Gasteiger partial charge is 0.493 e. The van der Waals surface area contributed by atoms with Gasteiger partial charge in [-0.15, -0.1) is 0 Å². The van der Waals surface area contributed by atoms with Gasteiger partial charge in [0.05, 0.1) is 29.0 Å². The molecule has 1 N–H and O–H groups in total. The van der Waals surface area contributed by atoms with Crippen molar-refractivity contribution in [1.82, 2.24) is 19.6 Å². The van der Waals surface area contributed by atoms with Crippen molar-refractivity contribution < 1.29 is 9.84 Å². The minimum atomic E-state index is -0.0168. The highest BCUT2D eigenvalue weighted by molar-refractivity contribution is 5.91. The molecule has 1 aliphatic heterocycles. The Balaban J connectivity index is 1.60. The minimum Gasteiger partial charge on any atom is -0.493 e. The zero-order chi connectivity index (χ0) is 17.7. The number of rotatable bonds is 4. The van der Waals surface area contributed by atoms with E-state index in [1.54, 1.807) is 17.0 Å². The number of benzene rings is 1. The Morgan fingerprint density at radius 1 is 1.19 bits per heavy atom. The number of hydrogen-bond acceptors (Lipinski definition) is 4. The van der Waals surface area contributed by atoms with Gasteiger partial charge in [-0.25, -0.2) is 9.36 Å². The van der Waals surface area contributed by atoms with Crippen LogP contribution < -0.4 is 0 Å². The monoisotopic (exact) mass is 350 g/mol. The summed E-state index contributed by atoms with van der Waals surface area (Å²) in [4.78, 5) is 0. The van der Waals surface area contributed by atoms with Gasteiger partial charge in [0, 0.05) is 12.0 Å². The molecule has 2 fully saturated rings. The number of ether oxygens (including phenoxy) is 1. The molecule has 6 heteroatoms. The topological polar surface area (TPSA) is 65.1 Å². The third-order valence-electron chi connectivity index (χ3n) is 5.33. The molecule has 1 aliphatic carbocycles. The van der Waals surface area contributed by atoms with Crippen LogP contribution in [0.25, 0.3) is 28.1 Å². The maximum atomic E-state index is 10.5. The van der Waals surface area contributed by atoms with E-state index in [2.05, 4.69) is 23.8 Å². The molecular weight excluding hydrogens is 328 g/mol. The quantitative estimate of drug-likeness (QED) is 0.763. The summed E-state index contributed by atoms with van der Waals surface area (Å²) < 4.78 is 9.62. The highest BCUT2D eigenvalue weighted by atomic mass is 16.5. The molecule has 6 nitrogen and oxygen atoms in total. The molecule has 3 heterocycles. The standard InChI is InChI=1S/C20H22N4O2/c1-2-17-15-11-13(16-12-21-23(20(16)25)14-7-8-14)6-9-18(15)24(22-17)19-5-3-4-10-26-19/h2,6,9,11-12,14,19,25H,1,3-5,7-8,10H2. The molecule has 0 amide bonds. The van der Waals surface area contributed by atoms with Gasteiger partial charge in [-0.3, -0.25) is 0 Å². The molecule has 1 unspecified atom stereocenters. The van der Waals surface area contributed by atoms with Crippen molar-refractivity contribution in [1.29, 1.82) is 0 Å². The summed E-state index contributed by atoms with van der Waals surface area (Å²) in [5, 5.41) is 20.6. The molecule has 0 bridgehead atoms. The zero-order valence-corrected chi connectivity index (χ0v) is 14.6. The Hall–Kier alpha value is -2.60. The molecule has 0 spiro atoms. The summed E-state index contributed by atoms with van der Waals surface area (Å²) >= 11 is 0. The summed E-state index contributed by atoms with van der Waals surface area (Å²) in [5.41, 5.74) is 3.57. The second-order valence-corrected chi connectivity index (χ2v) is 7.14. The summed E-state index contributed by atoms with van der Waals surface area (Å²) in [7, 11) is 0. The van der Waals surface area contributed by atoms with Crippen LogP contribution in [0.15, 0.2) is 31.0 Å². The van der Waals surface area contributed by atoms with Crippen LogP contribution in [-0.4, -0.2) is 31.3 Å². The lowest BCUT2D eigenvalue weighted by Gasteiger charge is -2.23. The van der Waals surface area contributed by atoms with Crippen molar-refractivity contribution in [3.05, 3.63) is 36.7 Å². The van der Waals surface area contributed by atoms with Crippen LogP contribution in [0.1, 0.15) is 50.1 Å². The molecule has 2 aromatic heterocycles. The summed E-state index contributed by atoms with van der Waals surface area (Å²) in [6.45, 7) is 4.69. The smallest absolute Gasteiger partial charge is 0.217 e. The van der Waals surface area contributed by atoms with Crippen molar-refractivity contribution in [2.45, 2.75) is 44.4 Å². The van der Waals surface area contributed by atoms with E-state index >= 15 is 0 Å². The molecule has 1 saturated heterocycles. The second kappa shape index (κ2) is 5.99. The SMILES string of the molecule is C=Cc1nn(C2CCCCO2)c2ccc(-c3cnn(C4CC4)c3O)cc12. The van der Waals surface area contributed by atoms with Gasteiger partial charge < -0.3 is 9.84 Å². The van der Waals surface area contributed by atoms with Crippen LogP contribution in [0.3, 0.4) is 0 Å². The van der Waals surface area contributed by atoms with Crippen molar-refractivity contribution in [3.63, 3.8) is 0 Å². The van der Waals surface area contributed by atoms with Gasteiger partial charge in [0.1, 0.15) is 0 Å². The fourth-order valence-electron chi connectivity index (χ4n) is 3.76. The van der Waals surface area contributed by atoms with E-state index in [9.17, 15) is 5.11 Å². The molecule has 0 radical (unpaired) electrons. The molecule has 1 atom stereocenters. The number of nitrogens with zero attached hydrogens (tertiary/aromatic N) is 4. The van der Waals surface area contributed by atoms with Gasteiger partial charge in [0.15, 0.2) is 6.23 Å². The van der Waals surface area contributed by atoms with E-state index in [0.29, 0.717) is 6.04 Å². The molecular formula is C20H22N4O2. The average molecular weight is 350 g/mol. The van der Waals surface area contributed by atoms with Crippen LogP contribution >= 0.6 is 0 Å². The Kier molecular flexibility index (Phi) is 3.60. The van der Waals surface area contributed by atoms with Crippen molar-refractivity contribution in [2.75, 3.05) is 6.61 Å². The predicted octanol–water partition coefficient (Wildman–Crippen LogP) is 4.28. The van der Waals surface area contributed by atoms with E-state index in [-0.39, 0.29) is 12.1 Å². The number of aromatic hydroxyl groups is 1. The Morgan fingerprint density at radius 3 is 2.81 bits per heavy atom. The van der Waals surface area contributed by atoms with Crippen LogP contribution in [0, 0.1) is 0 Å². The van der Waals surface area contributed by atoms with E-state index in [4.69, 9.17) is 9.84 Å². The van der Waals surface area contributed by atoms with E-state index < -0.39 is 0 Å². The van der Waals surface area contributed by atoms with Crippen LogP contribution in [0.2, 0.25) is 0 Å². The summed E-state index contributed by atoms with van der Waals surface area (Å²) in [5.74, 6) is 0.245. The fourth-order valence-corrected chi connectivity index (χ4v) is 3.76. The Labute approximate surface area is 151 Å². The third-order valence-corrected chi connectivity index (χ3v) is 5.33. The van der Waals surface area contributed by atoms with E-state index in [0.717, 1.165) is 66.4 Å². The van der Waals surface area contributed by atoms with Crippen molar-refractivity contribution >= 4 is 17.0 Å². The first-order valence-electron chi connectivity index (χ1n) is 9.29. The first-order valence-corrected chi connectivity index (χ1v) is 9.29. The summed E-state index contributed by atoms with van der Waals surface area (Å²) in [6.07, 6.45) is 8.92. The predicted molar refractivity (Wildman–Crippen MR) is 99.8 cm³/mol. The van der Waals surface area contributed by atoms with E-state index in [1.807, 2.05) is 10.7 Å². The zero-order valence-electron chi connectivity index (χ0n) is 14.6. The van der Waals surface area contributed by atoms with E-state index in [1.165, 1.54) is 0 Å². The van der Waals surface area contributed by atoms with Gasteiger partial charge in [-0.1, -0.05) is 12.6 Å². The molecule has 5 rings (SSSR count). The van der Waals surface area contributed by atoms with Gasteiger partial charge in [-0.2, -0.15) is 10.2 Å². The molecule has 26 heavy (non-hydrogen) atoms. The number of hydrogen-bond donors (Lipinski definition) is 1. The lowest BCUT2D eigenvalue weighted by molar-refractivity contribution is -0.0367. The maximum Gasteiger partial charge on any atom is 0.217 e. The molecule has 2 aliphatic rings. The second-order valence-electron chi connectivity index (χ2n) is 7.14. The van der Waals surface area contributed by atoms with Crippen molar-refractivity contribution in [3.8, 4) is 17.0 Å². The number of fused-ring (bicyclic) bond motifs is 1. The van der Waals surface area contributed by atoms with Gasteiger partial charge in [0.2, 0.25) is 5.88 Å². The Bertz CT molecular complexity index is 977. The fraction of sp³-hybridized carbons (Fsp3) is 0.400. The van der Waals surface area contributed by atoms with Crippen LogP contribution in [0.4, 0.5) is 0 Å². The van der Waals surface area contributed by atoms with Crippen molar-refractivity contribution in [2.24, 2.45) is 0 Å². The lowest BCUT2D eigenvalue weighted by Crippen LogP contribution is -2.19. The molecule has 1 aromatic carbocycles.